The number of carbonyl (C=O) groups is 1. The number of benzene rings is 1. The maximum Gasteiger partial charge on any atom is 0.255 e. The van der Waals surface area contributed by atoms with E-state index >= 15 is 0 Å². The van der Waals surface area contributed by atoms with Crippen molar-refractivity contribution in [1.82, 2.24) is 19.7 Å². The third-order valence-corrected chi connectivity index (χ3v) is 5.42. The SMILES string of the molecule is CN(C[C@@H](O)Cc1ccccc1)C(=O)c1cncc(C#Cc2cnn(C)c2C2CC2)c1. The molecule has 158 valence electrons. The molecule has 0 bridgehead atoms. The van der Waals surface area contributed by atoms with Crippen molar-refractivity contribution in [2.45, 2.75) is 31.3 Å². The van der Waals surface area contributed by atoms with Gasteiger partial charge in [-0.15, -0.1) is 0 Å². The van der Waals surface area contributed by atoms with E-state index in [4.69, 9.17) is 0 Å². The molecule has 1 aliphatic rings. The van der Waals surface area contributed by atoms with Crippen molar-refractivity contribution in [2.24, 2.45) is 7.05 Å². The summed E-state index contributed by atoms with van der Waals surface area (Å²) >= 11 is 0. The Labute approximate surface area is 182 Å². The number of rotatable bonds is 6. The van der Waals surface area contributed by atoms with Gasteiger partial charge >= 0.3 is 0 Å². The number of hydrogen-bond donors (Lipinski definition) is 1. The predicted molar refractivity (Wildman–Crippen MR) is 119 cm³/mol. The first kappa shape index (κ1) is 20.8. The quantitative estimate of drug-likeness (QED) is 0.630. The van der Waals surface area contributed by atoms with Gasteiger partial charge in [0.1, 0.15) is 0 Å². The third kappa shape index (κ3) is 5.19. The van der Waals surface area contributed by atoms with Crippen LogP contribution in [0, 0.1) is 11.8 Å². The summed E-state index contributed by atoms with van der Waals surface area (Å²) in [6.45, 7) is 0.240. The van der Waals surface area contributed by atoms with Crippen molar-refractivity contribution in [3.8, 4) is 11.8 Å². The lowest BCUT2D eigenvalue weighted by Crippen LogP contribution is -2.35. The molecule has 4 rings (SSSR count). The molecule has 1 saturated carbocycles. The van der Waals surface area contributed by atoms with Crippen LogP contribution in [0.15, 0.2) is 55.0 Å². The lowest BCUT2D eigenvalue weighted by molar-refractivity contribution is 0.0681. The summed E-state index contributed by atoms with van der Waals surface area (Å²) in [5.41, 5.74) is 4.28. The molecule has 2 aromatic heterocycles. The Hall–Kier alpha value is -3.43. The number of aliphatic hydroxyl groups excluding tert-OH is 1. The fourth-order valence-corrected chi connectivity index (χ4v) is 3.72. The highest BCUT2D eigenvalue weighted by Crippen LogP contribution is 2.41. The van der Waals surface area contributed by atoms with Crippen LogP contribution in [0.3, 0.4) is 0 Å². The van der Waals surface area contributed by atoms with Crippen LogP contribution in [0.2, 0.25) is 0 Å². The van der Waals surface area contributed by atoms with E-state index in [2.05, 4.69) is 21.9 Å². The van der Waals surface area contributed by atoms with Gasteiger partial charge in [-0.2, -0.15) is 5.10 Å². The second-order valence-electron chi connectivity index (χ2n) is 8.08. The number of carbonyl (C=O) groups excluding carboxylic acids is 1. The van der Waals surface area contributed by atoms with Crippen molar-refractivity contribution < 1.29 is 9.90 Å². The maximum absolute atomic E-state index is 12.8. The van der Waals surface area contributed by atoms with Gasteiger partial charge in [0.25, 0.3) is 5.91 Å². The molecule has 2 heterocycles. The van der Waals surface area contributed by atoms with Crippen LogP contribution < -0.4 is 0 Å². The molecule has 6 nitrogen and oxygen atoms in total. The summed E-state index contributed by atoms with van der Waals surface area (Å²) in [4.78, 5) is 18.5. The topological polar surface area (TPSA) is 71.2 Å². The van der Waals surface area contributed by atoms with Gasteiger partial charge < -0.3 is 10.0 Å². The lowest BCUT2D eigenvalue weighted by Gasteiger charge is -2.21. The first-order valence-electron chi connectivity index (χ1n) is 10.5. The molecule has 0 radical (unpaired) electrons. The zero-order valence-corrected chi connectivity index (χ0v) is 17.8. The molecule has 1 amide bonds. The number of likely N-dealkylation sites (N-methyl/N-ethyl adjacent to an activating group) is 1. The van der Waals surface area contributed by atoms with E-state index in [0.29, 0.717) is 23.5 Å². The van der Waals surface area contributed by atoms with Gasteiger partial charge in [-0.05, 0) is 24.5 Å². The van der Waals surface area contributed by atoms with Gasteiger partial charge in [0.15, 0.2) is 0 Å². The minimum Gasteiger partial charge on any atom is -0.391 e. The molecule has 3 aromatic rings. The molecule has 0 saturated heterocycles. The van der Waals surface area contributed by atoms with Crippen LogP contribution in [0.25, 0.3) is 0 Å². The fraction of sp³-hybridized carbons (Fsp3) is 0.320. The summed E-state index contributed by atoms with van der Waals surface area (Å²) in [5, 5.41) is 14.7. The van der Waals surface area contributed by atoms with Gasteiger partial charge in [-0.3, -0.25) is 14.5 Å². The van der Waals surface area contributed by atoms with E-state index in [0.717, 1.165) is 11.1 Å². The van der Waals surface area contributed by atoms with E-state index in [1.807, 2.05) is 42.1 Å². The number of nitrogens with zero attached hydrogens (tertiary/aromatic N) is 4. The Morgan fingerprint density at radius 2 is 2.00 bits per heavy atom. The molecular formula is C25H26N4O2. The Kier molecular flexibility index (Phi) is 6.15. The standard InChI is InChI=1S/C25H26N4O2/c1-28(17-23(30)13-18-6-4-3-5-7-18)25(31)22-12-19(14-26-15-22)8-9-21-16-27-29(2)24(21)20-10-11-20/h3-7,12,14-16,20,23,30H,10-11,13,17H2,1-2H3/t23-/m0/s1. The van der Waals surface area contributed by atoms with E-state index in [1.165, 1.54) is 29.6 Å². The monoisotopic (exact) mass is 414 g/mol. The number of aryl methyl sites for hydroxylation is 1. The first-order chi connectivity index (χ1) is 15.0. The number of hydrogen-bond acceptors (Lipinski definition) is 4. The van der Waals surface area contributed by atoms with Crippen molar-refractivity contribution in [1.29, 1.82) is 0 Å². The summed E-state index contributed by atoms with van der Waals surface area (Å²) in [6.07, 6.45) is 7.21. The Morgan fingerprint density at radius 1 is 1.23 bits per heavy atom. The molecule has 6 heteroatoms. The van der Waals surface area contributed by atoms with Gasteiger partial charge in [0.05, 0.1) is 29.1 Å². The summed E-state index contributed by atoms with van der Waals surface area (Å²) in [7, 11) is 3.63. The van der Waals surface area contributed by atoms with Crippen molar-refractivity contribution in [3.63, 3.8) is 0 Å². The average Bonchev–Trinajstić information content (AvgIpc) is 3.54. The number of aromatic nitrogens is 3. The van der Waals surface area contributed by atoms with Gasteiger partial charge in [-0.1, -0.05) is 42.2 Å². The molecule has 1 aromatic carbocycles. The summed E-state index contributed by atoms with van der Waals surface area (Å²) in [6, 6.07) is 11.5. The van der Waals surface area contributed by atoms with Gasteiger partial charge in [-0.25, -0.2) is 0 Å². The number of amides is 1. The highest BCUT2D eigenvalue weighted by atomic mass is 16.3. The lowest BCUT2D eigenvalue weighted by atomic mass is 10.1. The van der Waals surface area contributed by atoms with E-state index in [-0.39, 0.29) is 12.5 Å². The maximum atomic E-state index is 12.8. The minimum atomic E-state index is -0.640. The van der Waals surface area contributed by atoms with Gasteiger partial charge in [0.2, 0.25) is 0 Å². The highest BCUT2D eigenvalue weighted by Gasteiger charge is 2.28. The Bertz CT molecular complexity index is 1120. The normalized spacial score (nSPS) is 13.9. The molecule has 1 N–H and O–H groups in total. The van der Waals surface area contributed by atoms with E-state index in [9.17, 15) is 9.90 Å². The second kappa shape index (κ2) is 9.15. The van der Waals surface area contributed by atoms with Crippen LogP contribution in [0.5, 0.6) is 0 Å². The van der Waals surface area contributed by atoms with E-state index < -0.39 is 6.10 Å². The Morgan fingerprint density at radius 3 is 2.74 bits per heavy atom. The van der Waals surface area contributed by atoms with E-state index in [1.54, 1.807) is 25.5 Å². The first-order valence-corrected chi connectivity index (χ1v) is 10.5. The largest absolute Gasteiger partial charge is 0.391 e. The van der Waals surface area contributed by atoms with Crippen LogP contribution in [-0.2, 0) is 13.5 Å². The summed E-state index contributed by atoms with van der Waals surface area (Å²) < 4.78 is 1.90. The van der Waals surface area contributed by atoms with Crippen molar-refractivity contribution >= 4 is 5.91 Å². The van der Waals surface area contributed by atoms with Crippen molar-refractivity contribution in [2.75, 3.05) is 13.6 Å². The zero-order chi connectivity index (χ0) is 21.8. The third-order valence-electron chi connectivity index (χ3n) is 5.42. The molecule has 0 unspecified atom stereocenters. The zero-order valence-electron chi connectivity index (χ0n) is 17.8. The molecule has 0 aliphatic heterocycles. The second-order valence-corrected chi connectivity index (χ2v) is 8.08. The molecule has 1 atom stereocenters. The van der Waals surface area contributed by atoms with Crippen LogP contribution in [0.4, 0.5) is 0 Å². The van der Waals surface area contributed by atoms with Crippen LogP contribution in [-0.4, -0.2) is 50.4 Å². The molecule has 0 spiro atoms. The highest BCUT2D eigenvalue weighted by molar-refractivity contribution is 5.94. The molecule has 31 heavy (non-hydrogen) atoms. The fourth-order valence-electron chi connectivity index (χ4n) is 3.72. The number of aliphatic hydroxyl groups is 1. The van der Waals surface area contributed by atoms with Crippen molar-refractivity contribution in [3.05, 3.63) is 82.9 Å². The minimum absolute atomic E-state index is 0.191. The molecule has 1 aliphatic carbocycles. The van der Waals surface area contributed by atoms with Crippen LogP contribution in [0.1, 0.15) is 51.5 Å². The molecule has 1 fully saturated rings. The number of pyridine rings is 1. The molecular weight excluding hydrogens is 388 g/mol. The predicted octanol–water partition coefficient (Wildman–Crippen LogP) is 2.77. The van der Waals surface area contributed by atoms with Gasteiger partial charge in [0, 0.05) is 50.9 Å². The summed E-state index contributed by atoms with van der Waals surface area (Å²) in [5.74, 6) is 6.67. The average molecular weight is 415 g/mol. The smallest absolute Gasteiger partial charge is 0.255 e. The van der Waals surface area contributed by atoms with Crippen LogP contribution >= 0.6 is 0 Å². The Balaban J connectivity index is 1.42.